The molecule has 36 heavy (non-hydrogen) atoms. The van der Waals surface area contributed by atoms with Crippen LogP contribution in [-0.4, -0.2) is 55.5 Å². The topological polar surface area (TPSA) is 116 Å². The van der Waals surface area contributed by atoms with E-state index in [9.17, 15) is 13.2 Å². The van der Waals surface area contributed by atoms with E-state index in [1.807, 2.05) is 0 Å². The number of hydrogen-bond acceptors (Lipinski definition) is 8. The molecule has 1 amide bonds. The van der Waals surface area contributed by atoms with E-state index in [1.54, 1.807) is 48.5 Å². The van der Waals surface area contributed by atoms with Crippen LogP contribution in [0, 0.1) is 0 Å². The summed E-state index contributed by atoms with van der Waals surface area (Å²) in [4.78, 5) is 12.7. The van der Waals surface area contributed by atoms with Crippen LogP contribution in [0.15, 0.2) is 76.7 Å². The maximum Gasteiger partial charge on any atom is 0.264 e. The van der Waals surface area contributed by atoms with Gasteiger partial charge in [-0.1, -0.05) is 18.2 Å². The van der Waals surface area contributed by atoms with Crippen molar-refractivity contribution in [3.8, 4) is 23.0 Å². The zero-order valence-electron chi connectivity index (χ0n) is 20.3. The average Bonchev–Trinajstić information content (AvgIpc) is 2.91. The minimum atomic E-state index is -4.16. The Morgan fingerprint density at radius 3 is 2.17 bits per heavy atom. The number of methoxy groups -OCH3 is 4. The first-order chi connectivity index (χ1) is 17.3. The number of benzene rings is 3. The molecule has 0 atom stereocenters. The van der Waals surface area contributed by atoms with Gasteiger partial charge in [0.1, 0.15) is 18.0 Å². The van der Waals surface area contributed by atoms with Crippen LogP contribution < -0.4 is 28.7 Å². The van der Waals surface area contributed by atoms with E-state index in [0.29, 0.717) is 28.5 Å². The Morgan fingerprint density at radius 2 is 1.53 bits per heavy atom. The Balaban J connectivity index is 1.87. The molecule has 0 bridgehead atoms. The van der Waals surface area contributed by atoms with E-state index in [-0.39, 0.29) is 10.6 Å². The SMILES string of the molecule is COc1ccc(OC)c(/C=N\NC(=O)CN(c2ccccc2)S(=O)(=O)c2ccc(OC)c(OC)c2)c1. The maximum absolute atomic E-state index is 13.6. The second kappa shape index (κ2) is 11.9. The molecule has 0 heterocycles. The number of hydrazone groups is 1. The first-order valence-electron chi connectivity index (χ1n) is 10.7. The molecule has 1 N–H and O–H groups in total. The summed E-state index contributed by atoms with van der Waals surface area (Å²) in [5.74, 6) is 1.08. The highest BCUT2D eigenvalue weighted by molar-refractivity contribution is 7.92. The quantitative estimate of drug-likeness (QED) is 0.309. The van der Waals surface area contributed by atoms with Gasteiger partial charge in [-0.15, -0.1) is 0 Å². The van der Waals surface area contributed by atoms with Crippen LogP contribution in [0.1, 0.15) is 5.56 Å². The molecule has 0 unspecified atom stereocenters. The molecule has 3 rings (SSSR count). The van der Waals surface area contributed by atoms with Crippen molar-refractivity contribution in [3.63, 3.8) is 0 Å². The monoisotopic (exact) mass is 513 g/mol. The zero-order valence-corrected chi connectivity index (χ0v) is 21.1. The number of ether oxygens (including phenoxy) is 4. The van der Waals surface area contributed by atoms with Crippen LogP contribution in [-0.2, 0) is 14.8 Å². The summed E-state index contributed by atoms with van der Waals surface area (Å²) in [6.45, 7) is -0.521. The average molecular weight is 514 g/mol. The van der Waals surface area contributed by atoms with Crippen molar-refractivity contribution < 1.29 is 32.2 Å². The number of nitrogens with zero attached hydrogens (tertiary/aromatic N) is 2. The Hall–Kier alpha value is -4.25. The molecule has 0 aliphatic carbocycles. The van der Waals surface area contributed by atoms with Gasteiger partial charge in [0, 0.05) is 11.6 Å². The number of carbonyl (C=O) groups excluding carboxylic acids is 1. The van der Waals surface area contributed by atoms with Gasteiger partial charge in [-0.05, 0) is 42.5 Å². The molecule has 0 radical (unpaired) electrons. The molecule has 10 nitrogen and oxygen atoms in total. The Kier molecular flexibility index (Phi) is 8.74. The van der Waals surface area contributed by atoms with E-state index in [0.717, 1.165) is 4.31 Å². The third-order valence-corrected chi connectivity index (χ3v) is 6.87. The van der Waals surface area contributed by atoms with Gasteiger partial charge in [0.2, 0.25) is 0 Å². The lowest BCUT2D eigenvalue weighted by molar-refractivity contribution is -0.119. The summed E-state index contributed by atoms with van der Waals surface area (Å²) in [6, 6.07) is 17.6. The van der Waals surface area contributed by atoms with Crippen molar-refractivity contribution in [2.75, 3.05) is 39.3 Å². The molecule has 0 fully saturated rings. The molecule has 0 aliphatic rings. The van der Waals surface area contributed by atoms with Crippen LogP contribution in [0.4, 0.5) is 5.69 Å². The lowest BCUT2D eigenvalue weighted by Crippen LogP contribution is -2.39. The Morgan fingerprint density at radius 1 is 0.861 bits per heavy atom. The highest BCUT2D eigenvalue weighted by Crippen LogP contribution is 2.32. The fourth-order valence-corrected chi connectivity index (χ4v) is 4.73. The van der Waals surface area contributed by atoms with Crippen LogP contribution >= 0.6 is 0 Å². The Bertz CT molecular complexity index is 1330. The molecular formula is C25H27N3O7S. The highest BCUT2D eigenvalue weighted by atomic mass is 32.2. The summed E-state index contributed by atoms with van der Waals surface area (Å²) < 4.78 is 49.0. The number of nitrogens with one attached hydrogen (secondary N) is 1. The molecule has 190 valence electrons. The number of rotatable bonds is 11. The van der Waals surface area contributed by atoms with E-state index < -0.39 is 22.5 Å². The first kappa shape index (κ1) is 26.4. The largest absolute Gasteiger partial charge is 0.497 e. The minimum absolute atomic E-state index is 0.0681. The van der Waals surface area contributed by atoms with Crippen molar-refractivity contribution in [1.29, 1.82) is 0 Å². The molecule has 11 heteroatoms. The van der Waals surface area contributed by atoms with Crippen molar-refractivity contribution in [2.45, 2.75) is 4.90 Å². The number of anilines is 1. The first-order valence-corrected chi connectivity index (χ1v) is 12.1. The van der Waals surface area contributed by atoms with E-state index in [1.165, 1.54) is 52.9 Å². The second-order valence-corrected chi connectivity index (χ2v) is 9.13. The molecule has 3 aromatic carbocycles. The van der Waals surface area contributed by atoms with Crippen LogP contribution in [0.3, 0.4) is 0 Å². The lowest BCUT2D eigenvalue weighted by atomic mass is 10.2. The molecule has 0 saturated carbocycles. The normalized spacial score (nSPS) is 11.1. The number of amides is 1. The van der Waals surface area contributed by atoms with Gasteiger partial charge in [0.05, 0.1) is 45.2 Å². The van der Waals surface area contributed by atoms with Gasteiger partial charge >= 0.3 is 0 Å². The van der Waals surface area contributed by atoms with Gasteiger partial charge in [-0.25, -0.2) is 13.8 Å². The molecule has 0 aliphatic heterocycles. The molecule has 0 spiro atoms. The smallest absolute Gasteiger partial charge is 0.264 e. The van der Waals surface area contributed by atoms with E-state index >= 15 is 0 Å². The fourth-order valence-electron chi connectivity index (χ4n) is 3.29. The van der Waals surface area contributed by atoms with Crippen molar-refractivity contribution in [1.82, 2.24) is 5.43 Å². The summed E-state index contributed by atoms with van der Waals surface area (Å²) in [7, 11) is 1.74. The number of hydrogen-bond donors (Lipinski definition) is 1. The summed E-state index contributed by atoms with van der Waals surface area (Å²) in [5, 5.41) is 3.96. The van der Waals surface area contributed by atoms with Gasteiger partial charge in [0.25, 0.3) is 15.9 Å². The molecule has 0 saturated heterocycles. The van der Waals surface area contributed by atoms with Gasteiger partial charge in [-0.3, -0.25) is 9.10 Å². The van der Waals surface area contributed by atoms with Crippen molar-refractivity contribution in [3.05, 3.63) is 72.3 Å². The van der Waals surface area contributed by atoms with Crippen molar-refractivity contribution in [2.24, 2.45) is 5.10 Å². The van der Waals surface area contributed by atoms with Gasteiger partial charge < -0.3 is 18.9 Å². The second-order valence-electron chi connectivity index (χ2n) is 7.27. The van der Waals surface area contributed by atoms with Crippen molar-refractivity contribution >= 4 is 27.8 Å². The van der Waals surface area contributed by atoms with E-state index in [4.69, 9.17) is 18.9 Å². The molecule has 3 aromatic rings. The van der Waals surface area contributed by atoms with Crippen LogP contribution in [0.2, 0.25) is 0 Å². The minimum Gasteiger partial charge on any atom is -0.497 e. The summed E-state index contributed by atoms with van der Waals surface area (Å²) in [6.07, 6.45) is 1.38. The van der Waals surface area contributed by atoms with Gasteiger partial charge in [0.15, 0.2) is 11.5 Å². The third kappa shape index (κ3) is 6.05. The predicted octanol–water partition coefficient (Wildman–Crippen LogP) is 3.07. The standard InChI is InChI=1S/C25H27N3O7S/c1-32-20-10-12-22(33-2)18(14-20)16-26-27-25(29)17-28(19-8-6-5-7-9-19)36(30,31)21-11-13-23(34-3)24(15-21)35-4/h5-16H,17H2,1-4H3,(H,27,29)/b26-16-. The number of para-hydroxylation sites is 1. The van der Waals surface area contributed by atoms with E-state index in [2.05, 4.69) is 10.5 Å². The summed E-state index contributed by atoms with van der Waals surface area (Å²) >= 11 is 0. The van der Waals surface area contributed by atoms with Crippen LogP contribution in [0.5, 0.6) is 23.0 Å². The third-order valence-electron chi connectivity index (χ3n) is 5.10. The highest BCUT2D eigenvalue weighted by Gasteiger charge is 2.28. The molecular weight excluding hydrogens is 486 g/mol. The van der Waals surface area contributed by atoms with Crippen LogP contribution in [0.25, 0.3) is 0 Å². The van der Waals surface area contributed by atoms with Gasteiger partial charge in [-0.2, -0.15) is 5.10 Å². The fraction of sp³-hybridized carbons (Fsp3) is 0.200. The predicted molar refractivity (Wildman–Crippen MR) is 136 cm³/mol. The zero-order chi connectivity index (χ0) is 26.1. The molecule has 0 aromatic heterocycles. The Labute approximate surface area is 210 Å². The summed E-state index contributed by atoms with van der Waals surface area (Å²) in [5.41, 5.74) is 3.24. The number of carbonyl (C=O) groups is 1. The number of sulfonamides is 1. The lowest BCUT2D eigenvalue weighted by Gasteiger charge is -2.24. The maximum atomic E-state index is 13.6.